The second kappa shape index (κ2) is 5.59. The quantitative estimate of drug-likeness (QED) is 0.637. The van der Waals surface area contributed by atoms with Crippen molar-refractivity contribution in [1.82, 2.24) is 4.98 Å². The van der Waals surface area contributed by atoms with Crippen molar-refractivity contribution in [3.05, 3.63) is 65.0 Å². The number of carbonyl (C=O) groups is 1. The molecule has 1 heterocycles. The average molecular weight is 301 g/mol. The van der Waals surface area contributed by atoms with Crippen molar-refractivity contribution in [2.24, 2.45) is 0 Å². The van der Waals surface area contributed by atoms with Crippen molar-refractivity contribution in [2.75, 3.05) is 0 Å². The predicted octanol–water partition coefficient (Wildman–Crippen LogP) is 3.80. The molecule has 0 amide bonds. The topological polar surface area (TPSA) is 30.0 Å². The first kappa shape index (κ1) is 15.1. The van der Waals surface area contributed by atoms with E-state index in [4.69, 9.17) is 0 Å². The molecule has 2 aromatic rings. The molecule has 0 N–H and O–H groups in total. The van der Waals surface area contributed by atoms with E-state index in [9.17, 15) is 26.7 Å². The van der Waals surface area contributed by atoms with Gasteiger partial charge in [-0.25, -0.2) is 8.78 Å². The van der Waals surface area contributed by atoms with Gasteiger partial charge in [0.05, 0.1) is 5.56 Å². The molecule has 0 radical (unpaired) electrons. The van der Waals surface area contributed by atoms with Crippen molar-refractivity contribution in [3.63, 3.8) is 0 Å². The average Bonchev–Trinajstić information content (AvgIpc) is 2.42. The molecule has 0 aliphatic heterocycles. The highest BCUT2D eigenvalue weighted by atomic mass is 19.4. The molecule has 0 saturated carbocycles. The zero-order valence-corrected chi connectivity index (χ0v) is 10.4. The lowest BCUT2D eigenvalue weighted by Crippen LogP contribution is -2.11. The molecule has 0 aliphatic rings. The number of benzene rings is 1. The number of nitrogens with zero attached hydrogens (tertiary/aromatic N) is 1. The molecule has 1 aromatic carbocycles. The monoisotopic (exact) mass is 301 g/mol. The normalized spacial score (nSPS) is 11.5. The Hall–Kier alpha value is -2.31. The Balaban J connectivity index is 2.21. The van der Waals surface area contributed by atoms with Crippen LogP contribution in [0.3, 0.4) is 0 Å². The van der Waals surface area contributed by atoms with Gasteiger partial charge in [-0.15, -0.1) is 0 Å². The third-order valence-electron chi connectivity index (χ3n) is 2.78. The molecular weight excluding hydrogens is 293 g/mol. The Bertz CT molecular complexity index is 644. The van der Waals surface area contributed by atoms with E-state index in [1.807, 2.05) is 0 Å². The number of hydrogen-bond donors (Lipinski definition) is 0. The minimum absolute atomic E-state index is 0.286. The summed E-state index contributed by atoms with van der Waals surface area (Å²) in [5.74, 6) is -2.56. The number of hydrogen-bond acceptors (Lipinski definition) is 2. The molecule has 0 fully saturated rings. The molecule has 2 rings (SSSR count). The zero-order valence-electron chi connectivity index (χ0n) is 10.4. The Kier molecular flexibility index (Phi) is 4.02. The molecule has 21 heavy (non-hydrogen) atoms. The molecule has 1 aromatic heterocycles. The molecule has 0 aliphatic carbocycles. The van der Waals surface area contributed by atoms with Gasteiger partial charge < -0.3 is 0 Å². The number of pyridine rings is 1. The standard InChI is InChI=1S/C14H8F5NO/c15-10-2-1-3-11(16)9(10)6-13(21)12-5-4-8(7-20-12)14(17,18)19/h1-5,7H,6H2. The molecular formula is C14H8F5NO. The molecule has 0 unspecified atom stereocenters. The summed E-state index contributed by atoms with van der Waals surface area (Å²) in [4.78, 5) is 15.2. The number of carbonyl (C=O) groups excluding carboxylic acids is 1. The van der Waals surface area contributed by atoms with Crippen molar-refractivity contribution >= 4 is 5.78 Å². The Labute approximate surface area is 116 Å². The maximum atomic E-state index is 13.4. The van der Waals surface area contributed by atoms with Crippen LogP contribution in [0.4, 0.5) is 22.0 Å². The van der Waals surface area contributed by atoms with Crippen LogP contribution < -0.4 is 0 Å². The van der Waals surface area contributed by atoms with Crippen LogP contribution >= 0.6 is 0 Å². The van der Waals surface area contributed by atoms with Crippen molar-refractivity contribution < 1.29 is 26.7 Å². The van der Waals surface area contributed by atoms with Gasteiger partial charge in [0.1, 0.15) is 17.3 Å². The maximum absolute atomic E-state index is 13.4. The van der Waals surface area contributed by atoms with Crippen molar-refractivity contribution in [1.29, 1.82) is 0 Å². The second-order valence-corrected chi connectivity index (χ2v) is 4.23. The number of aromatic nitrogens is 1. The van der Waals surface area contributed by atoms with Gasteiger partial charge in [-0.3, -0.25) is 9.78 Å². The minimum Gasteiger partial charge on any atom is -0.292 e. The SMILES string of the molecule is O=C(Cc1c(F)cccc1F)c1ccc(C(F)(F)F)cn1. The Morgan fingerprint density at radius 3 is 2.14 bits per heavy atom. The predicted molar refractivity (Wildman–Crippen MR) is 63.6 cm³/mol. The van der Waals surface area contributed by atoms with Gasteiger partial charge in [-0.2, -0.15) is 13.2 Å². The van der Waals surface area contributed by atoms with Gasteiger partial charge in [-0.05, 0) is 24.3 Å². The molecule has 2 nitrogen and oxygen atoms in total. The van der Waals surface area contributed by atoms with Crippen LogP contribution in [0.2, 0.25) is 0 Å². The van der Waals surface area contributed by atoms with E-state index >= 15 is 0 Å². The maximum Gasteiger partial charge on any atom is 0.417 e. The molecule has 110 valence electrons. The number of ketones is 1. The van der Waals surface area contributed by atoms with Crippen molar-refractivity contribution in [2.45, 2.75) is 12.6 Å². The molecule has 0 saturated heterocycles. The number of alkyl halides is 3. The van der Waals surface area contributed by atoms with E-state index in [0.29, 0.717) is 12.3 Å². The van der Waals surface area contributed by atoms with Crippen LogP contribution in [0, 0.1) is 11.6 Å². The van der Waals surface area contributed by atoms with E-state index in [1.54, 1.807) is 0 Å². The summed E-state index contributed by atoms with van der Waals surface area (Å²) >= 11 is 0. The van der Waals surface area contributed by atoms with Crippen LogP contribution in [0.5, 0.6) is 0 Å². The highest BCUT2D eigenvalue weighted by Crippen LogP contribution is 2.28. The van der Waals surface area contributed by atoms with E-state index in [1.165, 1.54) is 0 Å². The van der Waals surface area contributed by atoms with Crippen molar-refractivity contribution in [3.8, 4) is 0 Å². The summed E-state index contributed by atoms with van der Waals surface area (Å²) in [7, 11) is 0. The lowest BCUT2D eigenvalue weighted by atomic mass is 10.0. The zero-order chi connectivity index (χ0) is 15.6. The first-order valence-corrected chi connectivity index (χ1v) is 5.78. The Morgan fingerprint density at radius 1 is 1.05 bits per heavy atom. The summed E-state index contributed by atoms with van der Waals surface area (Å²) in [6.07, 6.45) is -4.67. The number of Topliss-reactive ketones (excluding diaryl/α,β-unsaturated/α-hetero) is 1. The minimum atomic E-state index is -4.56. The summed E-state index contributed by atoms with van der Waals surface area (Å²) in [6, 6.07) is 4.70. The largest absolute Gasteiger partial charge is 0.417 e. The van der Waals surface area contributed by atoms with Gasteiger partial charge in [0.2, 0.25) is 0 Å². The van der Waals surface area contributed by atoms with Crippen LogP contribution in [-0.4, -0.2) is 10.8 Å². The summed E-state index contributed by atoms with van der Waals surface area (Å²) in [5.41, 5.74) is -1.73. The summed E-state index contributed by atoms with van der Waals surface area (Å²) in [5, 5.41) is 0. The third kappa shape index (κ3) is 3.42. The molecule has 0 spiro atoms. The van der Waals surface area contributed by atoms with E-state index in [2.05, 4.69) is 4.98 Å². The fraction of sp³-hybridized carbons (Fsp3) is 0.143. The summed E-state index contributed by atoms with van der Waals surface area (Å²) in [6.45, 7) is 0. The van der Waals surface area contributed by atoms with E-state index < -0.39 is 41.1 Å². The number of rotatable bonds is 3. The van der Waals surface area contributed by atoms with Gasteiger partial charge in [0.25, 0.3) is 0 Å². The van der Waals surface area contributed by atoms with Crippen LogP contribution in [-0.2, 0) is 12.6 Å². The number of halogens is 5. The molecule has 7 heteroatoms. The lowest BCUT2D eigenvalue weighted by molar-refractivity contribution is -0.137. The molecule has 0 bridgehead atoms. The fourth-order valence-electron chi connectivity index (χ4n) is 1.68. The first-order valence-electron chi connectivity index (χ1n) is 5.78. The van der Waals surface area contributed by atoms with Crippen LogP contribution in [0.1, 0.15) is 21.6 Å². The van der Waals surface area contributed by atoms with Gasteiger partial charge in [0.15, 0.2) is 5.78 Å². The third-order valence-corrected chi connectivity index (χ3v) is 2.78. The van der Waals surface area contributed by atoms with E-state index in [-0.39, 0.29) is 5.69 Å². The van der Waals surface area contributed by atoms with Gasteiger partial charge >= 0.3 is 6.18 Å². The van der Waals surface area contributed by atoms with E-state index in [0.717, 1.165) is 24.3 Å². The highest BCUT2D eigenvalue weighted by Gasteiger charge is 2.31. The lowest BCUT2D eigenvalue weighted by Gasteiger charge is -2.07. The van der Waals surface area contributed by atoms with Crippen LogP contribution in [0.25, 0.3) is 0 Å². The fourth-order valence-corrected chi connectivity index (χ4v) is 1.68. The van der Waals surface area contributed by atoms with Gasteiger partial charge in [0, 0.05) is 18.2 Å². The second-order valence-electron chi connectivity index (χ2n) is 4.23. The molecule has 0 atom stereocenters. The van der Waals surface area contributed by atoms with Crippen LogP contribution in [0.15, 0.2) is 36.5 Å². The first-order chi connectivity index (χ1) is 9.79. The highest BCUT2D eigenvalue weighted by molar-refractivity contribution is 5.95. The summed E-state index contributed by atoms with van der Waals surface area (Å²) < 4.78 is 63.8. The van der Waals surface area contributed by atoms with Gasteiger partial charge in [-0.1, -0.05) is 6.07 Å². The Morgan fingerprint density at radius 2 is 1.67 bits per heavy atom. The smallest absolute Gasteiger partial charge is 0.292 e.